The van der Waals surface area contributed by atoms with E-state index >= 15 is 0 Å². The molecule has 2 N–H and O–H groups in total. The molecule has 0 aliphatic rings. The van der Waals surface area contributed by atoms with E-state index < -0.39 is 0 Å². The molecular formula is C15H20N2S. The van der Waals surface area contributed by atoms with Gasteiger partial charge in [-0.15, -0.1) is 11.3 Å². The van der Waals surface area contributed by atoms with Gasteiger partial charge in [0.1, 0.15) is 5.01 Å². The lowest BCUT2D eigenvalue weighted by atomic mass is 10.0. The van der Waals surface area contributed by atoms with Crippen LogP contribution >= 0.6 is 11.3 Å². The summed E-state index contributed by atoms with van der Waals surface area (Å²) in [5.74, 6) is 0.574. The van der Waals surface area contributed by atoms with E-state index in [-0.39, 0.29) is 0 Å². The third-order valence-electron chi connectivity index (χ3n) is 3.10. The predicted octanol–water partition coefficient (Wildman–Crippen LogP) is 3.74. The molecule has 0 fully saturated rings. The Hall–Kier alpha value is -1.19. The van der Waals surface area contributed by atoms with E-state index in [0.29, 0.717) is 12.5 Å². The van der Waals surface area contributed by atoms with Crippen LogP contribution in [0.3, 0.4) is 0 Å². The summed E-state index contributed by atoms with van der Waals surface area (Å²) in [6, 6.07) is 8.72. The van der Waals surface area contributed by atoms with Crippen molar-refractivity contribution in [3.8, 4) is 10.6 Å². The minimum absolute atomic E-state index is 0.574. The molecule has 0 amide bonds. The lowest BCUT2D eigenvalue weighted by Crippen LogP contribution is -2.03. The predicted molar refractivity (Wildman–Crippen MR) is 79.1 cm³/mol. The first-order valence-corrected chi connectivity index (χ1v) is 7.20. The first-order valence-electron chi connectivity index (χ1n) is 6.38. The van der Waals surface area contributed by atoms with Crippen LogP contribution in [0.4, 0.5) is 0 Å². The molecule has 0 spiro atoms. The normalized spacial score (nSPS) is 11.2. The van der Waals surface area contributed by atoms with Gasteiger partial charge in [0, 0.05) is 16.9 Å². The summed E-state index contributed by atoms with van der Waals surface area (Å²) in [7, 11) is 0. The SMILES string of the molecule is Cc1sc(-c2ccc(C(C)C)cc2)nc1CCN. The van der Waals surface area contributed by atoms with Crippen LogP contribution in [-0.4, -0.2) is 11.5 Å². The molecule has 0 bridgehead atoms. The summed E-state index contributed by atoms with van der Waals surface area (Å²) in [5, 5.41) is 1.10. The lowest BCUT2D eigenvalue weighted by molar-refractivity contribution is 0.867. The fourth-order valence-corrected chi connectivity index (χ4v) is 2.90. The van der Waals surface area contributed by atoms with Gasteiger partial charge in [0.05, 0.1) is 5.69 Å². The highest BCUT2D eigenvalue weighted by molar-refractivity contribution is 7.15. The maximum Gasteiger partial charge on any atom is 0.123 e. The van der Waals surface area contributed by atoms with Crippen molar-refractivity contribution in [2.24, 2.45) is 5.73 Å². The minimum Gasteiger partial charge on any atom is -0.330 e. The van der Waals surface area contributed by atoms with Crippen molar-refractivity contribution in [2.45, 2.75) is 33.1 Å². The van der Waals surface area contributed by atoms with Crippen LogP contribution in [-0.2, 0) is 6.42 Å². The molecule has 0 aliphatic carbocycles. The molecular weight excluding hydrogens is 240 g/mol. The van der Waals surface area contributed by atoms with Crippen LogP contribution in [0.5, 0.6) is 0 Å². The summed E-state index contributed by atoms with van der Waals surface area (Å²) in [4.78, 5) is 5.96. The Labute approximate surface area is 113 Å². The Bertz CT molecular complexity index is 512. The Morgan fingerprint density at radius 1 is 1.22 bits per heavy atom. The van der Waals surface area contributed by atoms with Gasteiger partial charge in [0.15, 0.2) is 0 Å². The molecule has 0 saturated carbocycles. The molecule has 2 rings (SSSR count). The molecule has 1 heterocycles. The zero-order valence-electron chi connectivity index (χ0n) is 11.2. The molecule has 96 valence electrons. The highest BCUT2D eigenvalue weighted by Gasteiger charge is 2.09. The van der Waals surface area contributed by atoms with Crippen LogP contribution in [0.1, 0.15) is 35.9 Å². The number of nitrogens with zero attached hydrogens (tertiary/aromatic N) is 1. The molecule has 2 aromatic rings. The molecule has 1 aromatic carbocycles. The monoisotopic (exact) mass is 260 g/mol. The van der Waals surface area contributed by atoms with Gasteiger partial charge in [0.2, 0.25) is 0 Å². The standard InChI is InChI=1S/C15H20N2S/c1-10(2)12-4-6-13(7-5-12)15-17-14(8-9-16)11(3)18-15/h4-7,10H,8-9,16H2,1-3H3. The van der Waals surface area contributed by atoms with Crippen molar-refractivity contribution in [3.05, 3.63) is 40.4 Å². The number of rotatable bonds is 4. The van der Waals surface area contributed by atoms with Crippen molar-refractivity contribution in [3.63, 3.8) is 0 Å². The third kappa shape index (κ3) is 2.79. The summed E-state index contributed by atoms with van der Waals surface area (Å²) < 4.78 is 0. The molecule has 0 radical (unpaired) electrons. The maximum atomic E-state index is 5.60. The third-order valence-corrected chi connectivity index (χ3v) is 4.16. The van der Waals surface area contributed by atoms with Crippen molar-refractivity contribution in [1.29, 1.82) is 0 Å². The van der Waals surface area contributed by atoms with Crippen LogP contribution in [0.15, 0.2) is 24.3 Å². The summed E-state index contributed by atoms with van der Waals surface area (Å²) in [6.45, 7) is 7.20. The second-order valence-electron chi connectivity index (χ2n) is 4.84. The molecule has 0 unspecified atom stereocenters. The quantitative estimate of drug-likeness (QED) is 0.909. The second-order valence-corrected chi connectivity index (χ2v) is 6.04. The van der Waals surface area contributed by atoms with Gasteiger partial charge in [-0.1, -0.05) is 38.1 Å². The largest absolute Gasteiger partial charge is 0.330 e. The van der Waals surface area contributed by atoms with Gasteiger partial charge in [-0.25, -0.2) is 4.98 Å². The Morgan fingerprint density at radius 2 is 1.89 bits per heavy atom. The highest BCUT2D eigenvalue weighted by Crippen LogP contribution is 2.28. The molecule has 0 atom stereocenters. The molecule has 1 aromatic heterocycles. The number of thiazole rings is 1. The smallest absolute Gasteiger partial charge is 0.123 e. The molecule has 0 saturated heterocycles. The second kappa shape index (κ2) is 5.63. The van der Waals surface area contributed by atoms with Gasteiger partial charge in [0.25, 0.3) is 0 Å². The van der Waals surface area contributed by atoms with E-state index in [1.54, 1.807) is 11.3 Å². The summed E-state index contributed by atoms with van der Waals surface area (Å²) >= 11 is 1.75. The maximum absolute atomic E-state index is 5.60. The van der Waals surface area contributed by atoms with E-state index in [0.717, 1.165) is 17.1 Å². The van der Waals surface area contributed by atoms with Crippen molar-refractivity contribution < 1.29 is 0 Å². The number of nitrogens with two attached hydrogens (primary N) is 1. The average Bonchev–Trinajstić information content (AvgIpc) is 2.72. The van der Waals surface area contributed by atoms with Gasteiger partial charge in [-0.2, -0.15) is 0 Å². The van der Waals surface area contributed by atoms with E-state index in [1.165, 1.54) is 16.0 Å². The van der Waals surface area contributed by atoms with Crippen molar-refractivity contribution >= 4 is 11.3 Å². The van der Waals surface area contributed by atoms with E-state index in [1.807, 2.05) is 0 Å². The molecule has 2 nitrogen and oxygen atoms in total. The van der Waals surface area contributed by atoms with E-state index in [4.69, 9.17) is 5.73 Å². The van der Waals surface area contributed by atoms with Gasteiger partial charge < -0.3 is 5.73 Å². The lowest BCUT2D eigenvalue weighted by Gasteiger charge is -2.05. The van der Waals surface area contributed by atoms with Crippen LogP contribution < -0.4 is 5.73 Å². The molecule has 0 aliphatic heterocycles. The number of aryl methyl sites for hydroxylation is 1. The van der Waals surface area contributed by atoms with Crippen molar-refractivity contribution in [2.75, 3.05) is 6.54 Å². The Balaban J connectivity index is 2.28. The fraction of sp³-hybridized carbons (Fsp3) is 0.400. The number of hydrogen-bond acceptors (Lipinski definition) is 3. The van der Waals surface area contributed by atoms with Gasteiger partial charge in [-0.05, 0) is 24.9 Å². The Kier molecular flexibility index (Phi) is 4.15. The number of hydrogen-bond donors (Lipinski definition) is 1. The fourth-order valence-electron chi connectivity index (χ4n) is 1.93. The summed E-state index contributed by atoms with van der Waals surface area (Å²) in [6.07, 6.45) is 0.867. The van der Waals surface area contributed by atoms with Crippen molar-refractivity contribution in [1.82, 2.24) is 4.98 Å². The van der Waals surface area contributed by atoms with Crippen LogP contribution in [0, 0.1) is 6.92 Å². The van der Waals surface area contributed by atoms with E-state index in [9.17, 15) is 0 Å². The zero-order chi connectivity index (χ0) is 13.1. The van der Waals surface area contributed by atoms with E-state index in [2.05, 4.69) is 50.0 Å². The van der Waals surface area contributed by atoms with Crippen LogP contribution in [0.25, 0.3) is 10.6 Å². The Morgan fingerprint density at radius 3 is 2.44 bits per heavy atom. The zero-order valence-corrected chi connectivity index (χ0v) is 12.1. The average molecular weight is 260 g/mol. The first-order chi connectivity index (χ1) is 8.61. The van der Waals surface area contributed by atoms with Crippen LogP contribution in [0.2, 0.25) is 0 Å². The minimum atomic E-state index is 0.574. The number of benzene rings is 1. The number of aromatic nitrogens is 1. The van der Waals surface area contributed by atoms with Gasteiger partial charge >= 0.3 is 0 Å². The summed E-state index contributed by atoms with van der Waals surface area (Å²) in [5.41, 5.74) is 9.31. The van der Waals surface area contributed by atoms with Gasteiger partial charge in [-0.3, -0.25) is 0 Å². The topological polar surface area (TPSA) is 38.9 Å². The highest BCUT2D eigenvalue weighted by atomic mass is 32.1. The first kappa shape index (κ1) is 13.2. The molecule has 18 heavy (non-hydrogen) atoms. The molecule has 3 heteroatoms.